The number of carboxylic acid groups (broad SMARTS) is 1. The second-order valence-corrected chi connectivity index (χ2v) is 10.3. The number of hydrogen-bond donors (Lipinski definition) is 3. The minimum Gasteiger partial charge on any atom is -0.480 e. The first-order valence-corrected chi connectivity index (χ1v) is 13.4. The molecule has 33 heavy (non-hydrogen) atoms. The van der Waals surface area contributed by atoms with Gasteiger partial charge in [0.25, 0.3) is 0 Å². The molecule has 2 N–H and O–H groups in total. The second-order valence-electron chi connectivity index (χ2n) is 8.88. The van der Waals surface area contributed by atoms with Crippen molar-refractivity contribution >= 4 is 42.2 Å². The summed E-state index contributed by atoms with van der Waals surface area (Å²) in [6.45, 7) is 5.08. The van der Waals surface area contributed by atoms with Crippen LogP contribution in [0.5, 0.6) is 0 Å². The Labute approximate surface area is 207 Å². The summed E-state index contributed by atoms with van der Waals surface area (Å²) in [4.78, 5) is 42.6. The molecule has 1 aliphatic heterocycles. The molecule has 1 aromatic rings. The number of nitrogens with one attached hydrogen (secondary N) is 1. The average Bonchev–Trinajstić information content (AvgIpc) is 2.78. The summed E-state index contributed by atoms with van der Waals surface area (Å²) in [6.07, 6.45) is 3.46. The highest BCUT2D eigenvalue weighted by Crippen LogP contribution is 2.26. The predicted molar refractivity (Wildman–Crippen MR) is 137 cm³/mol. The van der Waals surface area contributed by atoms with E-state index in [9.17, 15) is 19.5 Å². The summed E-state index contributed by atoms with van der Waals surface area (Å²) in [5.41, 5.74) is 2.04. The molecule has 0 spiro atoms. The monoisotopic (exact) mass is 495 g/mol. The maximum absolute atomic E-state index is 13.8. The molecule has 9 heteroatoms. The maximum Gasteiger partial charge on any atom is 0.326 e. The van der Waals surface area contributed by atoms with Gasteiger partial charge in [-0.15, -0.1) is 0 Å². The van der Waals surface area contributed by atoms with Gasteiger partial charge < -0.3 is 15.3 Å². The standard InChI is InChI=1S/C24H37N3O4S2/c1-16(2)21(26(3)11-7-12-32)23(29)27-15-18-9-6-5-8-17(18)14-20(27)22(28)25-19(24(30)31)10-13-33-4/h5-6,8-9,16,19-21,32H,7,10-15H2,1-4H3,(H,25,28)(H,30,31)/t19-,20?,21+/m1/s1. The minimum absolute atomic E-state index is 0.0524. The topological polar surface area (TPSA) is 90.0 Å². The van der Waals surface area contributed by atoms with Crippen LogP contribution in [0.25, 0.3) is 0 Å². The molecule has 184 valence electrons. The van der Waals surface area contributed by atoms with E-state index in [1.165, 1.54) is 11.8 Å². The molecular weight excluding hydrogens is 458 g/mol. The number of likely N-dealkylation sites (N-methyl/N-ethyl adjacent to an activating group) is 1. The van der Waals surface area contributed by atoms with E-state index in [-0.39, 0.29) is 17.9 Å². The van der Waals surface area contributed by atoms with Gasteiger partial charge in [0.2, 0.25) is 11.8 Å². The lowest BCUT2D eigenvalue weighted by molar-refractivity contribution is -0.148. The number of thioether (sulfide) groups is 1. The smallest absolute Gasteiger partial charge is 0.326 e. The number of carboxylic acids is 1. The van der Waals surface area contributed by atoms with Gasteiger partial charge in [-0.2, -0.15) is 24.4 Å². The first-order chi connectivity index (χ1) is 15.7. The van der Waals surface area contributed by atoms with Crippen molar-refractivity contribution < 1.29 is 19.5 Å². The molecule has 0 aliphatic carbocycles. The fourth-order valence-corrected chi connectivity index (χ4v) is 4.97. The first-order valence-electron chi connectivity index (χ1n) is 11.4. The van der Waals surface area contributed by atoms with Crippen LogP contribution in [0, 0.1) is 5.92 Å². The van der Waals surface area contributed by atoms with Gasteiger partial charge in [-0.05, 0) is 61.2 Å². The molecular formula is C24H37N3O4S2. The van der Waals surface area contributed by atoms with E-state index in [0.29, 0.717) is 25.1 Å². The number of nitrogens with zero attached hydrogens (tertiary/aromatic N) is 2. The zero-order valence-corrected chi connectivity index (χ0v) is 21.7. The van der Waals surface area contributed by atoms with Crippen LogP contribution in [0.15, 0.2) is 24.3 Å². The molecule has 3 atom stereocenters. The summed E-state index contributed by atoms with van der Waals surface area (Å²) in [6, 6.07) is 5.71. The molecule has 2 amide bonds. The Morgan fingerprint density at radius 3 is 2.52 bits per heavy atom. The third kappa shape index (κ3) is 7.39. The lowest BCUT2D eigenvalue weighted by Gasteiger charge is -2.41. The highest BCUT2D eigenvalue weighted by Gasteiger charge is 2.40. The number of carbonyl (C=O) groups is 3. The van der Waals surface area contributed by atoms with E-state index in [1.54, 1.807) is 4.90 Å². The number of rotatable bonds is 12. The largest absolute Gasteiger partial charge is 0.480 e. The van der Waals surface area contributed by atoms with E-state index in [2.05, 4.69) is 17.9 Å². The van der Waals surface area contributed by atoms with Crippen molar-refractivity contribution in [3.8, 4) is 0 Å². The third-order valence-corrected chi connectivity index (χ3v) is 7.05. The molecule has 2 rings (SSSR count). The molecule has 1 aromatic carbocycles. The van der Waals surface area contributed by atoms with E-state index in [4.69, 9.17) is 0 Å². The Kier molecular flexibility index (Phi) is 11.1. The van der Waals surface area contributed by atoms with Gasteiger partial charge in [0.15, 0.2) is 0 Å². The van der Waals surface area contributed by atoms with Crippen molar-refractivity contribution in [1.82, 2.24) is 15.1 Å². The molecule has 0 saturated carbocycles. The molecule has 0 aromatic heterocycles. The third-order valence-electron chi connectivity index (χ3n) is 6.09. The van der Waals surface area contributed by atoms with E-state index >= 15 is 0 Å². The molecule has 1 aliphatic rings. The number of thiol groups is 1. The molecule has 0 fully saturated rings. The molecule has 1 heterocycles. The molecule has 1 unspecified atom stereocenters. The predicted octanol–water partition coefficient (Wildman–Crippen LogP) is 2.54. The molecule has 0 radical (unpaired) electrons. The zero-order chi connectivity index (χ0) is 24.5. The van der Waals surface area contributed by atoms with Crippen molar-refractivity contribution in [1.29, 1.82) is 0 Å². The summed E-state index contributed by atoms with van der Waals surface area (Å²) >= 11 is 5.82. The SMILES string of the molecule is CSCC[C@@H](NC(=O)C1Cc2ccccc2CN1C(=O)[C@H](C(C)C)N(C)CCCS)C(=O)O. The number of carbonyl (C=O) groups excluding carboxylic acids is 2. The van der Waals surface area contributed by atoms with Crippen LogP contribution in [0.4, 0.5) is 0 Å². The van der Waals surface area contributed by atoms with Gasteiger partial charge in [0.05, 0.1) is 6.04 Å². The van der Waals surface area contributed by atoms with Gasteiger partial charge in [-0.1, -0.05) is 38.1 Å². The Morgan fingerprint density at radius 1 is 1.27 bits per heavy atom. The first kappa shape index (κ1) is 27.5. The lowest BCUT2D eigenvalue weighted by Crippen LogP contribution is -2.59. The van der Waals surface area contributed by atoms with Crippen molar-refractivity contribution in [3.05, 3.63) is 35.4 Å². The summed E-state index contributed by atoms with van der Waals surface area (Å²) in [7, 11) is 1.93. The van der Waals surface area contributed by atoms with E-state index in [0.717, 1.165) is 29.8 Å². The van der Waals surface area contributed by atoms with Crippen LogP contribution >= 0.6 is 24.4 Å². The van der Waals surface area contributed by atoms with Crippen molar-refractivity contribution in [3.63, 3.8) is 0 Å². The van der Waals surface area contributed by atoms with Crippen molar-refractivity contribution in [2.75, 3.05) is 31.4 Å². The fourth-order valence-electron chi connectivity index (χ4n) is 4.36. The quantitative estimate of drug-likeness (QED) is 0.386. The van der Waals surface area contributed by atoms with Crippen LogP contribution in [0.3, 0.4) is 0 Å². The second kappa shape index (κ2) is 13.2. The van der Waals surface area contributed by atoms with E-state index in [1.807, 2.05) is 56.3 Å². The van der Waals surface area contributed by atoms with Crippen molar-refractivity contribution in [2.45, 2.75) is 57.8 Å². The molecule has 0 bridgehead atoms. The Hall–Kier alpha value is -1.71. The summed E-state index contributed by atoms with van der Waals surface area (Å²) < 4.78 is 0. The Morgan fingerprint density at radius 2 is 1.94 bits per heavy atom. The van der Waals surface area contributed by atoms with Crippen LogP contribution in [-0.2, 0) is 27.3 Å². The van der Waals surface area contributed by atoms with Crippen LogP contribution in [0.2, 0.25) is 0 Å². The Balaban J connectivity index is 2.34. The number of amides is 2. The van der Waals surface area contributed by atoms with Gasteiger partial charge >= 0.3 is 5.97 Å². The normalized spacial score (nSPS) is 17.5. The average molecular weight is 496 g/mol. The molecule has 7 nitrogen and oxygen atoms in total. The maximum atomic E-state index is 13.8. The van der Waals surface area contributed by atoms with Crippen molar-refractivity contribution in [2.24, 2.45) is 5.92 Å². The zero-order valence-electron chi connectivity index (χ0n) is 20.0. The van der Waals surface area contributed by atoms with Gasteiger partial charge in [0.1, 0.15) is 12.1 Å². The minimum atomic E-state index is -1.06. The number of hydrogen-bond acceptors (Lipinski definition) is 6. The Bertz CT molecular complexity index is 821. The fraction of sp³-hybridized carbons (Fsp3) is 0.625. The van der Waals surface area contributed by atoms with Gasteiger partial charge in [0, 0.05) is 13.0 Å². The number of fused-ring (bicyclic) bond motifs is 1. The van der Waals surface area contributed by atoms with Gasteiger partial charge in [-0.3, -0.25) is 14.5 Å². The van der Waals surface area contributed by atoms with Gasteiger partial charge in [-0.25, -0.2) is 4.79 Å². The van der Waals surface area contributed by atoms with Crippen LogP contribution < -0.4 is 5.32 Å². The summed E-state index contributed by atoms with van der Waals surface area (Å²) in [5, 5.41) is 12.3. The van der Waals surface area contributed by atoms with Crippen LogP contribution in [-0.4, -0.2) is 82.2 Å². The van der Waals surface area contributed by atoms with E-state index < -0.39 is 24.0 Å². The highest BCUT2D eigenvalue weighted by atomic mass is 32.2. The molecule has 0 saturated heterocycles. The highest BCUT2D eigenvalue weighted by molar-refractivity contribution is 7.98. The lowest BCUT2D eigenvalue weighted by atomic mass is 9.91. The number of benzene rings is 1. The summed E-state index contributed by atoms with van der Waals surface area (Å²) in [5.74, 6) is -0.157. The van der Waals surface area contributed by atoms with Crippen LogP contribution in [0.1, 0.15) is 37.8 Å². The number of aliphatic carboxylic acids is 1.